The Morgan fingerprint density at radius 2 is 1.62 bits per heavy atom. The molecule has 1 nitrogen and oxygen atoms in total. The van der Waals surface area contributed by atoms with E-state index < -0.39 is 0 Å². The molecule has 1 N–H and O–H groups in total. The van der Waals surface area contributed by atoms with Crippen molar-refractivity contribution in [2.75, 3.05) is 0 Å². The second kappa shape index (κ2) is 6.30. The molecule has 118 valence electrons. The van der Waals surface area contributed by atoms with E-state index in [4.69, 9.17) is 11.6 Å². The Balaban J connectivity index is 2.09. The van der Waals surface area contributed by atoms with Gasteiger partial charge in [-0.3, -0.25) is 0 Å². The molecule has 1 aliphatic carbocycles. The molecule has 1 saturated carbocycles. The highest BCUT2D eigenvalue weighted by atomic mass is 35.5. The lowest BCUT2D eigenvalue weighted by Gasteiger charge is -2.38. The molecule has 1 fully saturated rings. The lowest BCUT2D eigenvalue weighted by atomic mass is 9.68. The average molecular weight is 309 g/mol. The quantitative estimate of drug-likeness (QED) is 0.727. The zero-order valence-corrected chi connectivity index (χ0v) is 14.8. The first-order chi connectivity index (χ1) is 9.70. The zero-order valence-electron chi connectivity index (χ0n) is 14.0. The standard InChI is InChI=1S/C19H29ClO/c1-12-11-17(20)13(2)10-16(12)18(21)14-6-8-15(9-7-14)19(3,4)5/h10-11,14-15,18,21H,6-9H2,1-5H3. The smallest absolute Gasteiger partial charge is 0.0820 e. The summed E-state index contributed by atoms with van der Waals surface area (Å²) in [6.45, 7) is 11.1. The molecule has 0 spiro atoms. The molecule has 0 aromatic heterocycles. The molecular weight excluding hydrogens is 280 g/mol. The summed E-state index contributed by atoms with van der Waals surface area (Å²) in [6.07, 6.45) is 4.38. The summed E-state index contributed by atoms with van der Waals surface area (Å²) < 4.78 is 0. The first-order valence-corrected chi connectivity index (χ1v) is 8.52. The number of aryl methyl sites for hydroxylation is 2. The van der Waals surface area contributed by atoms with Crippen molar-refractivity contribution in [1.82, 2.24) is 0 Å². The molecule has 1 unspecified atom stereocenters. The van der Waals surface area contributed by atoms with Crippen LogP contribution >= 0.6 is 11.6 Å². The molecule has 21 heavy (non-hydrogen) atoms. The summed E-state index contributed by atoms with van der Waals surface area (Å²) in [5.41, 5.74) is 3.62. The highest BCUT2D eigenvalue weighted by molar-refractivity contribution is 6.31. The van der Waals surface area contributed by atoms with E-state index in [1.807, 2.05) is 19.9 Å². The zero-order chi connectivity index (χ0) is 15.8. The van der Waals surface area contributed by atoms with Crippen LogP contribution in [0.15, 0.2) is 12.1 Å². The lowest BCUT2D eigenvalue weighted by molar-refractivity contribution is 0.0524. The average Bonchev–Trinajstić information content (AvgIpc) is 2.41. The summed E-state index contributed by atoms with van der Waals surface area (Å²) in [4.78, 5) is 0. The van der Waals surface area contributed by atoms with Gasteiger partial charge in [0.05, 0.1) is 6.10 Å². The maximum atomic E-state index is 10.8. The van der Waals surface area contributed by atoms with Gasteiger partial charge in [0.1, 0.15) is 0 Å². The van der Waals surface area contributed by atoms with E-state index in [0.717, 1.165) is 40.5 Å². The van der Waals surface area contributed by atoms with E-state index in [1.54, 1.807) is 0 Å². The monoisotopic (exact) mass is 308 g/mol. The number of aliphatic hydroxyl groups excluding tert-OH is 1. The molecule has 0 amide bonds. The minimum absolute atomic E-state index is 0.345. The minimum Gasteiger partial charge on any atom is -0.388 e. The second-order valence-electron chi connectivity index (χ2n) is 7.88. The molecular formula is C19H29ClO. The van der Waals surface area contributed by atoms with Gasteiger partial charge in [-0.25, -0.2) is 0 Å². The van der Waals surface area contributed by atoms with Crippen LogP contribution in [-0.2, 0) is 0 Å². The summed E-state index contributed by atoms with van der Waals surface area (Å²) in [5, 5.41) is 11.6. The van der Waals surface area contributed by atoms with Crippen molar-refractivity contribution < 1.29 is 5.11 Å². The van der Waals surface area contributed by atoms with Crippen molar-refractivity contribution >= 4 is 11.6 Å². The fraction of sp³-hybridized carbons (Fsp3) is 0.684. The van der Waals surface area contributed by atoms with Gasteiger partial charge in [-0.1, -0.05) is 38.4 Å². The highest BCUT2D eigenvalue weighted by Crippen LogP contribution is 2.44. The Bertz CT molecular complexity index is 493. The molecule has 0 heterocycles. The van der Waals surface area contributed by atoms with Gasteiger partial charge in [0.15, 0.2) is 0 Å². The number of rotatable bonds is 2. The van der Waals surface area contributed by atoms with Crippen LogP contribution in [0, 0.1) is 31.1 Å². The number of halogens is 1. The largest absolute Gasteiger partial charge is 0.388 e. The third-order valence-corrected chi connectivity index (χ3v) is 5.72. The van der Waals surface area contributed by atoms with Crippen molar-refractivity contribution in [3.05, 3.63) is 33.8 Å². The summed E-state index contributed by atoms with van der Waals surface area (Å²) in [6, 6.07) is 4.05. The Morgan fingerprint density at radius 1 is 1.05 bits per heavy atom. The van der Waals surface area contributed by atoms with Crippen molar-refractivity contribution in [2.24, 2.45) is 17.3 Å². The summed E-state index contributed by atoms with van der Waals surface area (Å²) in [7, 11) is 0. The van der Waals surface area contributed by atoms with Crippen LogP contribution in [0.2, 0.25) is 5.02 Å². The van der Waals surface area contributed by atoms with E-state index in [0.29, 0.717) is 11.3 Å². The van der Waals surface area contributed by atoms with Crippen molar-refractivity contribution in [2.45, 2.75) is 66.4 Å². The SMILES string of the molecule is Cc1cc(C(O)C2CCC(C(C)(C)C)CC2)c(C)cc1Cl. The molecule has 2 rings (SSSR count). The summed E-state index contributed by atoms with van der Waals surface area (Å²) in [5.74, 6) is 1.18. The van der Waals surface area contributed by atoms with Crippen molar-refractivity contribution in [3.8, 4) is 0 Å². The van der Waals surface area contributed by atoms with Crippen molar-refractivity contribution in [1.29, 1.82) is 0 Å². The van der Waals surface area contributed by atoms with E-state index in [-0.39, 0.29) is 6.10 Å². The molecule has 0 bridgehead atoms. The van der Waals surface area contributed by atoms with Gasteiger partial charge >= 0.3 is 0 Å². The van der Waals surface area contributed by atoms with Gasteiger partial charge in [0, 0.05) is 5.02 Å². The van der Waals surface area contributed by atoms with Gasteiger partial charge in [-0.15, -0.1) is 0 Å². The van der Waals surface area contributed by atoms with Crippen LogP contribution in [0.5, 0.6) is 0 Å². The molecule has 2 heteroatoms. The van der Waals surface area contributed by atoms with Crippen LogP contribution in [-0.4, -0.2) is 5.11 Å². The van der Waals surface area contributed by atoms with Crippen LogP contribution in [0.25, 0.3) is 0 Å². The van der Waals surface area contributed by atoms with Crippen LogP contribution in [0.1, 0.15) is 69.2 Å². The lowest BCUT2D eigenvalue weighted by Crippen LogP contribution is -2.28. The van der Waals surface area contributed by atoms with Crippen molar-refractivity contribution in [3.63, 3.8) is 0 Å². The van der Waals surface area contributed by atoms with E-state index in [1.165, 1.54) is 12.8 Å². The fourth-order valence-corrected chi connectivity index (χ4v) is 3.90. The number of hydrogen-bond donors (Lipinski definition) is 1. The minimum atomic E-state index is -0.345. The van der Waals surface area contributed by atoms with Gasteiger partial charge in [0.2, 0.25) is 0 Å². The topological polar surface area (TPSA) is 20.2 Å². The third kappa shape index (κ3) is 3.81. The molecule has 1 aromatic carbocycles. The van der Waals surface area contributed by atoms with Gasteiger partial charge in [0.25, 0.3) is 0 Å². The fourth-order valence-electron chi connectivity index (χ4n) is 3.68. The first-order valence-electron chi connectivity index (χ1n) is 8.15. The van der Waals surface area contributed by atoms with Crippen LogP contribution in [0.3, 0.4) is 0 Å². The Kier molecular flexibility index (Phi) is 5.05. The Hall–Kier alpha value is -0.530. The maximum Gasteiger partial charge on any atom is 0.0820 e. The second-order valence-corrected chi connectivity index (χ2v) is 8.29. The van der Waals surface area contributed by atoms with E-state index in [9.17, 15) is 5.11 Å². The Labute approximate surface area is 134 Å². The molecule has 1 aliphatic rings. The molecule has 0 radical (unpaired) electrons. The number of benzene rings is 1. The van der Waals surface area contributed by atoms with E-state index in [2.05, 4.69) is 26.8 Å². The molecule has 0 aliphatic heterocycles. The third-order valence-electron chi connectivity index (χ3n) is 5.31. The molecule has 0 saturated heterocycles. The van der Waals surface area contributed by atoms with E-state index >= 15 is 0 Å². The predicted molar refractivity (Wildman–Crippen MR) is 90.8 cm³/mol. The highest BCUT2D eigenvalue weighted by Gasteiger charge is 2.33. The van der Waals surface area contributed by atoms with Gasteiger partial charge in [-0.05, 0) is 79.5 Å². The molecule has 1 atom stereocenters. The summed E-state index contributed by atoms with van der Waals surface area (Å²) >= 11 is 6.16. The van der Waals surface area contributed by atoms with Crippen LogP contribution in [0.4, 0.5) is 0 Å². The maximum absolute atomic E-state index is 10.8. The normalized spacial score (nSPS) is 24.9. The molecule has 1 aromatic rings. The predicted octanol–water partition coefficient (Wildman–Crippen LogP) is 5.84. The number of hydrogen-bond acceptors (Lipinski definition) is 1. The van der Waals surface area contributed by atoms with Crippen LogP contribution < -0.4 is 0 Å². The van der Waals surface area contributed by atoms with Gasteiger partial charge < -0.3 is 5.11 Å². The Morgan fingerprint density at radius 3 is 2.14 bits per heavy atom. The number of aliphatic hydroxyl groups is 1. The van der Waals surface area contributed by atoms with Gasteiger partial charge in [-0.2, -0.15) is 0 Å². The first kappa shape index (κ1) is 16.8.